The molecule has 0 aromatic carbocycles. The zero-order chi connectivity index (χ0) is 18.1. The highest BCUT2D eigenvalue weighted by Crippen LogP contribution is 2.32. The van der Waals surface area contributed by atoms with Gasteiger partial charge in [-0.05, 0) is 44.2 Å². The van der Waals surface area contributed by atoms with E-state index in [2.05, 4.69) is 39.3 Å². The Kier molecular flexibility index (Phi) is 4.36. The van der Waals surface area contributed by atoms with Crippen molar-refractivity contribution in [3.8, 4) is 11.5 Å². The van der Waals surface area contributed by atoms with E-state index in [4.69, 9.17) is 9.97 Å². The fourth-order valence-corrected chi connectivity index (χ4v) is 3.34. The molecule has 3 heterocycles. The summed E-state index contributed by atoms with van der Waals surface area (Å²) in [6.07, 6.45) is 4.86. The van der Waals surface area contributed by atoms with Crippen LogP contribution in [0.25, 0.3) is 11.5 Å². The molecular weight excluding hydrogens is 326 g/mol. The SMILES string of the molecule is Cc1nc([C@H](Nc2nc(-c3ccccn3)nc3c2CCC3)C(C)C)n[nH]1. The molecule has 7 heteroatoms. The molecule has 3 aromatic rings. The molecule has 0 fully saturated rings. The van der Waals surface area contributed by atoms with Crippen molar-refractivity contribution in [2.24, 2.45) is 5.92 Å². The van der Waals surface area contributed by atoms with Crippen molar-refractivity contribution in [3.63, 3.8) is 0 Å². The van der Waals surface area contributed by atoms with E-state index in [1.807, 2.05) is 25.1 Å². The van der Waals surface area contributed by atoms with E-state index in [0.717, 1.165) is 48.1 Å². The molecule has 26 heavy (non-hydrogen) atoms. The lowest BCUT2D eigenvalue weighted by atomic mass is 10.0. The third-order valence-corrected chi connectivity index (χ3v) is 4.68. The number of pyridine rings is 1. The molecule has 0 radical (unpaired) electrons. The molecule has 0 saturated heterocycles. The van der Waals surface area contributed by atoms with Crippen LogP contribution >= 0.6 is 0 Å². The molecule has 0 aliphatic heterocycles. The number of aromatic nitrogens is 6. The van der Waals surface area contributed by atoms with Gasteiger partial charge in [-0.15, -0.1) is 0 Å². The second-order valence-corrected chi connectivity index (χ2v) is 7.03. The van der Waals surface area contributed by atoms with Crippen LogP contribution in [-0.4, -0.2) is 30.1 Å². The summed E-state index contributed by atoms with van der Waals surface area (Å²) in [5, 5.41) is 10.9. The third-order valence-electron chi connectivity index (χ3n) is 4.68. The molecule has 1 aliphatic rings. The number of nitrogens with zero attached hydrogens (tertiary/aromatic N) is 5. The largest absolute Gasteiger partial charge is 0.359 e. The van der Waals surface area contributed by atoms with Crippen molar-refractivity contribution in [2.75, 3.05) is 5.32 Å². The number of aryl methyl sites for hydroxylation is 2. The minimum atomic E-state index is -0.0175. The van der Waals surface area contributed by atoms with Crippen LogP contribution in [0.3, 0.4) is 0 Å². The van der Waals surface area contributed by atoms with Crippen LogP contribution in [0.4, 0.5) is 5.82 Å². The van der Waals surface area contributed by atoms with E-state index in [1.54, 1.807) is 6.20 Å². The van der Waals surface area contributed by atoms with Gasteiger partial charge in [0.05, 0.1) is 6.04 Å². The van der Waals surface area contributed by atoms with Gasteiger partial charge in [-0.25, -0.2) is 15.0 Å². The Bertz CT molecular complexity index is 902. The maximum Gasteiger partial charge on any atom is 0.180 e. The topological polar surface area (TPSA) is 92.3 Å². The number of aromatic amines is 1. The Hall–Kier alpha value is -2.83. The van der Waals surface area contributed by atoms with Crippen LogP contribution < -0.4 is 5.32 Å². The van der Waals surface area contributed by atoms with Gasteiger partial charge in [0.25, 0.3) is 0 Å². The van der Waals surface area contributed by atoms with Gasteiger partial charge in [0.2, 0.25) is 0 Å². The summed E-state index contributed by atoms with van der Waals surface area (Å²) >= 11 is 0. The van der Waals surface area contributed by atoms with Crippen LogP contribution in [0.5, 0.6) is 0 Å². The van der Waals surface area contributed by atoms with Crippen LogP contribution in [0, 0.1) is 12.8 Å². The van der Waals surface area contributed by atoms with E-state index in [-0.39, 0.29) is 6.04 Å². The van der Waals surface area contributed by atoms with Gasteiger partial charge in [-0.2, -0.15) is 5.10 Å². The zero-order valence-corrected chi connectivity index (χ0v) is 15.3. The van der Waals surface area contributed by atoms with E-state index in [0.29, 0.717) is 11.7 Å². The first kappa shape index (κ1) is 16.6. The summed E-state index contributed by atoms with van der Waals surface area (Å²) in [6.45, 7) is 6.23. The summed E-state index contributed by atoms with van der Waals surface area (Å²) in [6, 6.07) is 5.78. The van der Waals surface area contributed by atoms with Crippen LogP contribution in [0.1, 0.15) is 49.2 Å². The van der Waals surface area contributed by atoms with Crippen molar-refractivity contribution >= 4 is 5.82 Å². The third kappa shape index (κ3) is 3.16. The lowest BCUT2D eigenvalue weighted by Crippen LogP contribution is -2.20. The molecule has 134 valence electrons. The number of rotatable bonds is 5. The fraction of sp³-hybridized carbons (Fsp3) is 0.421. The van der Waals surface area contributed by atoms with Gasteiger partial charge in [0.1, 0.15) is 17.3 Å². The number of hydrogen-bond acceptors (Lipinski definition) is 6. The molecule has 2 N–H and O–H groups in total. The molecule has 0 saturated carbocycles. The van der Waals surface area contributed by atoms with Crippen molar-refractivity contribution in [1.29, 1.82) is 0 Å². The highest BCUT2D eigenvalue weighted by Gasteiger charge is 2.25. The quantitative estimate of drug-likeness (QED) is 0.734. The standard InChI is InChI=1S/C19H23N7/c1-11(2)16(19-21-12(3)25-26-19)23-17-13-7-6-9-14(13)22-18(24-17)15-8-4-5-10-20-15/h4-5,8,10-11,16H,6-7,9H2,1-3H3,(H,21,25,26)(H,22,23,24)/t16-/m1/s1. The molecule has 4 rings (SSSR count). The molecule has 1 atom stereocenters. The second-order valence-electron chi connectivity index (χ2n) is 7.03. The Labute approximate surface area is 152 Å². The first-order chi connectivity index (χ1) is 12.6. The lowest BCUT2D eigenvalue weighted by molar-refractivity contribution is 0.521. The van der Waals surface area contributed by atoms with Crippen molar-refractivity contribution in [1.82, 2.24) is 30.1 Å². The Morgan fingerprint density at radius 2 is 2.00 bits per heavy atom. The summed E-state index contributed by atoms with van der Waals surface area (Å²) in [7, 11) is 0. The smallest absolute Gasteiger partial charge is 0.180 e. The van der Waals surface area contributed by atoms with Gasteiger partial charge in [0, 0.05) is 17.5 Å². The van der Waals surface area contributed by atoms with Gasteiger partial charge < -0.3 is 5.32 Å². The van der Waals surface area contributed by atoms with Gasteiger partial charge in [-0.3, -0.25) is 10.1 Å². The van der Waals surface area contributed by atoms with Gasteiger partial charge in [-0.1, -0.05) is 19.9 Å². The van der Waals surface area contributed by atoms with Gasteiger partial charge in [0.15, 0.2) is 11.6 Å². The molecule has 3 aromatic heterocycles. The zero-order valence-electron chi connectivity index (χ0n) is 15.3. The Morgan fingerprint density at radius 1 is 1.12 bits per heavy atom. The average Bonchev–Trinajstić information content (AvgIpc) is 3.28. The first-order valence-corrected chi connectivity index (χ1v) is 9.08. The maximum absolute atomic E-state index is 4.82. The highest BCUT2D eigenvalue weighted by molar-refractivity contribution is 5.58. The molecule has 0 spiro atoms. The monoisotopic (exact) mass is 349 g/mol. The molecule has 0 unspecified atom stereocenters. The first-order valence-electron chi connectivity index (χ1n) is 9.08. The number of anilines is 1. The maximum atomic E-state index is 4.82. The van der Waals surface area contributed by atoms with E-state index in [9.17, 15) is 0 Å². The van der Waals surface area contributed by atoms with Crippen molar-refractivity contribution in [2.45, 2.75) is 46.1 Å². The summed E-state index contributed by atoms with van der Waals surface area (Å²) in [5.74, 6) is 3.45. The molecule has 1 aliphatic carbocycles. The van der Waals surface area contributed by atoms with E-state index >= 15 is 0 Å². The molecular formula is C19H23N7. The van der Waals surface area contributed by atoms with Crippen LogP contribution in [0.2, 0.25) is 0 Å². The summed E-state index contributed by atoms with van der Waals surface area (Å²) < 4.78 is 0. The lowest BCUT2D eigenvalue weighted by Gasteiger charge is -2.22. The van der Waals surface area contributed by atoms with Crippen LogP contribution in [-0.2, 0) is 12.8 Å². The minimum absolute atomic E-state index is 0.0175. The van der Waals surface area contributed by atoms with Crippen LogP contribution in [0.15, 0.2) is 24.4 Å². The number of hydrogen-bond donors (Lipinski definition) is 2. The fourth-order valence-electron chi connectivity index (χ4n) is 3.34. The normalized spacial score (nSPS) is 14.5. The number of H-pyrrole nitrogens is 1. The van der Waals surface area contributed by atoms with E-state index in [1.165, 1.54) is 5.56 Å². The Balaban J connectivity index is 1.74. The summed E-state index contributed by atoms with van der Waals surface area (Å²) in [5.41, 5.74) is 3.12. The Morgan fingerprint density at radius 3 is 2.69 bits per heavy atom. The van der Waals surface area contributed by atoms with Gasteiger partial charge >= 0.3 is 0 Å². The average molecular weight is 349 g/mol. The van der Waals surface area contributed by atoms with Crippen molar-refractivity contribution in [3.05, 3.63) is 47.3 Å². The number of nitrogens with one attached hydrogen (secondary N) is 2. The number of fused-ring (bicyclic) bond motifs is 1. The second kappa shape index (κ2) is 6.82. The minimum Gasteiger partial charge on any atom is -0.359 e. The molecule has 7 nitrogen and oxygen atoms in total. The molecule has 0 amide bonds. The molecule has 0 bridgehead atoms. The van der Waals surface area contributed by atoms with E-state index < -0.39 is 0 Å². The summed E-state index contributed by atoms with van der Waals surface area (Å²) in [4.78, 5) is 18.5. The predicted molar refractivity (Wildman–Crippen MR) is 99.6 cm³/mol. The highest BCUT2D eigenvalue weighted by atomic mass is 15.2. The predicted octanol–water partition coefficient (Wildman–Crippen LogP) is 3.26. The van der Waals surface area contributed by atoms with Crippen molar-refractivity contribution < 1.29 is 0 Å².